The molecule has 0 aromatic carbocycles. The Balaban J connectivity index is 2.55. The largest absolute Gasteiger partial charge is 0.276 e. The van der Waals surface area contributed by atoms with E-state index < -0.39 is 0 Å². The van der Waals surface area contributed by atoms with Gasteiger partial charge in [-0.25, -0.2) is 5.01 Å². The zero-order chi connectivity index (χ0) is 6.85. The van der Waals surface area contributed by atoms with Gasteiger partial charge in [-0.2, -0.15) is 0 Å². The van der Waals surface area contributed by atoms with Crippen LogP contribution in [-0.4, -0.2) is 36.1 Å². The van der Waals surface area contributed by atoms with E-state index in [1.807, 2.05) is 19.0 Å². The fourth-order valence-electron chi connectivity index (χ4n) is 1.12. The fraction of sp³-hybridized carbons (Fsp3) is 0.833. The molecule has 0 atom stereocenters. The standard InChI is InChI=1S/C6H12N2O/c1-3-8-6(9)4-5-7(8)2/h3-5H2,1-2H3. The van der Waals surface area contributed by atoms with Gasteiger partial charge in [0.25, 0.3) is 0 Å². The predicted octanol–water partition coefficient (Wildman–Crippen LogP) is 0.0854. The summed E-state index contributed by atoms with van der Waals surface area (Å²) in [6, 6.07) is 0. The summed E-state index contributed by atoms with van der Waals surface area (Å²) in [5.74, 6) is 0.250. The highest BCUT2D eigenvalue weighted by Gasteiger charge is 2.23. The van der Waals surface area contributed by atoms with Crippen molar-refractivity contribution in [1.29, 1.82) is 0 Å². The summed E-state index contributed by atoms with van der Waals surface area (Å²) < 4.78 is 0. The third-order valence-electron chi connectivity index (χ3n) is 1.65. The fourth-order valence-corrected chi connectivity index (χ4v) is 1.12. The van der Waals surface area contributed by atoms with E-state index in [9.17, 15) is 4.79 Å². The second-order valence-corrected chi connectivity index (χ2v) is 2.24. The number of hydrogen-bond donors (Lipinski definition) is 0. The van der Waals surface area contributed by atoms with Crippen LogP contribution >= 0.6 is 0 Å². The van der Waals surface area contributed by atoms with Gasteiger partial charge < -0.3 is 0 Å². The van der Waals surface area contributed by atoms with Crippen molar-refractivity contribution in [2.45, 2.75) is 13.3 Å². The van der Waals surface area contributed by atoms with E-state index in [-0.39, 0.29) is 5.91 Å². The highest BCUT2D eigenvalue weighted by molar-refractivity contribution is 5.77. The summed E-state index contributed by atoms with van der Waals surface area (Å²) in [4.78, 5) is 10.9. The van der Waals surface area contributed by atoms with E-state index in [1.54, 1.807) is 5.01 Å². The highest BCUT2D eigenvalue weighted by atomic mass is 16.2. The molecular formula is C6H12N2O. The molecule has 1 saturated heterocycles. The first kappa shape index (κ1) is 6.55. The molecule has 0 saturated carbocycles. The molecule has 1 aliphatic rings. The lowest BCUT2D eigenvalue weighted by Crippen LogP contribution is -2.35. The Morgan fingerprint density at radius 2 is 2.33 bits per heavy atom. The van der Waals surface area contributed by atoms with E-state index in [0.29, 0.717) is 6.42 Å². The molecule has 0 aliphatic carbocycles. The number of nitrogens with zero attached hydrogens (tertiary/aromatic N) is 2. The number of hydrogen-bond acceptors (Lipinski definition) is 2. The maximum Gasteiger partial charge on any atom is 0.238 e. The zero-order valence-corrected chi connectivity index (χ0v) is 5.92. The van der Waals surface area contributed by atoms with E-state index in [2.05, 4.69) is 0 Å². The monoisotopic (exact) mass is 128 g/mol. The normalized spacial score (nSPS) is 21.6. The van der Waals surface area contributed by atoms with Gasteiger partial charge in [0, 0.05) is 26.6 Å². The molecule has 0 bridgehead atoms. The Morgan fingerprint density at radius 3 is 2.56 bits per heavy atom. The molecule has 1 fully saturated rings. The molecule has 1 amide bonds. The third-order valence-corrected chi connectivity index (χ3v) is 1.65. The molecule has 0 radical (unpaired) electrons. The number of carbonyl (C=O) groups is 1. The Hall–Kier alpha value is -0.570. The van der Waals surface area contributed by atoms with Crippen molar-refractivity contribution in [3.63, 3.8) is 0 Å². The SMILES string of the molecule is CCN1C(=O)CCN1C. The van der Waals surface area contributed by atoms with Crippen molar-refractivity contribution in [2.75, 3.05) is 20.1 Å². The molecule has 0 unspecified atom stereocenters. The van der Waals surface area contributed by atoms with Crippen LogP contribution in [-0.2, 0) is 4.79 Å². The first-order chi connectivity index (χ1) is 4.25. The Bertz CT molecular complexity index is 124. The summed E-state index contributed by atoms with van der Waals surface area (Å²) in [6.45, 7) is 3.67. The number of amides is 1. The highest BCUT2D eigenvalue weighted by Crippen LogP contribution is 2.07. The van der Waals surface area contributed by atoms with Crippen molar-refractivity contribution in [3.05, 3.63) is 0 Å². The van der Waals surface area contributed by atoms with Crippen molar-refractivity contribution in [1.82, 2.24) is 10.0 Å². The summed E-state index contributed by atoms with van der Waals surface area (Å²) in [5.41, 5.74) is 0. The molecule has 0 N–H and O–H groups in total. The van der Waals surface area contributed by atoms with Crippen molar-refractivity contribution >= 4 is 5.91 Å². The quantitative estimate of drug-likeness (QED) is 0.499. The lowest BCUT2D eigenvalue weighted by Gasteiger charge is -2.21. The van der Waals surface area contributed by atoms with E-state index in [1.165, 1.54) is 0 Å². The van der Waals surface area contributed by atoms with Gasteiger partial charge in [0.05, 0.1) is 0 Å². The van der Waals surface area contributed by atoms with Gasteiger partial charge in [-0.15, -0.1) is 0 Å². The van der Waals surface area contributed by atoms with Crippen LogP contribution in [0, 0.1) is 0 Å². The number of rotatable bonds is 1. The summed E-state index contributed by atoms with van der Waals surface area (Å²) >= 11 is 0. The summed E-state index contributed by atoms with van der Waals surface area (Å²) in [6.07, 6.45) is 0.685. The van der Waals surface area contributed by atoms with Crippen LogP contribution in [0.1, 0.15) is 13.3 Å². The van der Waals surface area contributed by atoms with Gasteiger partial charge in [0.2, 0.25) is 5.91 Å². The van der Waals surface area contributed by atoms with Crippen molar-refractivity contribution in [2.24, 2.45) is 0 Å². The number of hydrazine groups is 1. The zero-order valence-electron chi connectivity index (χ0n) is 5.92. The Morgan fingerprint density at radius 1 is 1.67 bits per heavy atom. The molecule has 52 valence electrons. The third kappa shape index (κ3) is 1.05. The lowest BCUT2D eigenvalue weighted by molar-refractivity contribution is -0.135. The summed E-state index contributed by atoms with van der Waals surface area (Å²) in [5, 5.41) is 3.72. The van der Waals surface area contributed by atoms with Gasteiger partial charge in [0.15, 0.2) is 0 Å². The molecule has 1 rings (SSSR count). The van der Waals surface area contributed by atoms with Crippen LogP contribution in [0.2, 0.25) is 0 Å². The van der Waals surface area contributed by atoms with Crippen LogP contribution in [0.3, 0.4) is 0 Å². The van der Waals surface area contributed by atoms with Gasteiger partial charge in [-0.1, -0.05) is 0 Å². The van der Waals surface area contributed by atoms with Crippen LogP contribution in [0.4, 0.5) is 0 Å². The van der Waals surface area contributed by atoms with E-state index in [0.717, 1.165) is 13.1 Å². The first-order valence-electron chi connectivity index (χ1n) is 3.27. The van der Waals surface area contributed by atoms with Crippen LogP contribution < -0.4 is 0 Å². The van der Waals surface area contributed by atoms with Gasteiger partial charge >= 0.3 is 0 Å². The predicted molar refractivity (Wildman–Crippen MR) is 34.6 cm³/mol. The summed E-state index contributed by atoms with van der Waals surface area (Å²) in [7, 11) is 1.94. The molecule has 3 nitrogen and oxygen atoms in total. The molecule has 0 spiro atoms. The first-order valence-corrected chi connectivity index (χ1v) is 3.27. The smallest absolute Gasteiger partial charge is 0.238 e. The average molecular weight is 128 g/mol. The van der Waals surface area contributed by atoms with Crippen LogP contribution in [0.5, 0.6) is 0 Å². The topological polar surface area (TPSA) is 23.6 Å². The molecular weight excluding hydrogens is 116 g/mol. The molecule has 0 aromatic rings. The van der Waals surface area contributed by atoms with Crippen LogP contribution in [0.15, 0.2) is 0 Å². The van der Waals surface area contributed by atoms with E-state index in [4.69, 9.17) is 0 Å². The van der Waals surface area contributed by atoms with Gasteiger partial charge in [0.1, 0.15) is 0 Å². The minimum Gasteiger partial charge on any atom is -0.276 e. The van der Waals surface area contributed by atoms with E-state index >= 15 is 0 Å². The van der Waals surface area contributed by atoms with Crippen LogP contribution in [0.25, 0.3) is 0 Å². The van der Waals surface area contributed by atoms with Crippen molar-refractivity contribution < 1.29 is 4.79 Å². The Labute approximate surface area is 55.2 Å². The molecule has 1 aliphatic heterocycles. The lowest BCUT2D eigenvalue weighted by atomic mass is 10.4. The number of carbonyl (C=O) groups excluding carboxylic acids is 1. The maximum absolute atomic E-state index is 10.9. The van der Waals surface area contributed by atoms with Crippen molar-refractivity contribution in [3.8, 4) is 0 Å². The Kier molecular flexibility index (Phi) is 1.71. The maximum atomic E-state index is 10.9. The minimum atomic E-state index is 0.250. The molecule has 1 heterocycles. The van der Waals surface area contributed by atoms with Gasteiger partial charge in [-0.3, -0.25) is 9.80 Å². The van der Waals surface area contributed by atoms with Gasteiger partial charge in [-0.05, 0) is 6.92 Å². The molecule has 9 heavy (non-hydrogen) atoms. The molecule has 3 heteroatoms. The second-order valence-electron chi connectivity index (χ2n) is 2.24. The minimum absolute atomic E-state index is 0.250. The average Bonchev–Trinajstić information content (AvgIpc) is 2.12. The second kappa shape index (κ2) is 2.35. The molecule has 0 aromatic heterocycles.